The highest BCUT2D eigenvalue weighted by Gasteiger charge is 2.27. The number of hydrogen-bond donors (Lipinski definition) is 2. The van der Waals surface area contributed by atoms with Crippen molar-refractivity contribution in [3.63, 3.8) is 0 Å². The van der Waals surface area contributed by atoms with E-state index >= 15 is 0 Å². The largest absolute Gasteiger partial charge is 0.465 e. The Kier molecular flexibility index (Phi) is 6.90. The monoisotopic (exact) mass is 465 g/mol. The second kappa shape index (κ2) is 10.2. The number of anilines is 1. The average Bonchev–Trinajstić information content (AvgIpc) is 3.54. The zero-order chi connectivity index (χ0) is 23.2. The molecular weight excluding hydrogens is 442 g/mol. The first-order chi connectivity index (χ1) is 16.0. The first-order valence-corrected chi connectivity index (χ1v) is 11.3. The maximum atomic E-state index is 12.3. The summed E-state index contributed by atoms with van der Waals surface area (Å²) in [6, 6.07) is 7.54. The summed E-state index contributed by atoms with van der Waals surface area (Å²) in [4.78, 5) is 25.4. The third-order valence-corrected chi connectivity index (χ3v) is 6.61. The van der Waals surface area contributed by atoms with E-state index in [9.17, 15) is 14.9 Å². The standard InChI is InChI=1S/C23H23N5O4S/c1-28-16(8-9-26-28)13-25-23(30)32-14-15-4-6-18-19(12-24)22(33-20(18)11-15)27-21(29)7-5-17-3-2-10-31-17/h2-3,5,7-10,15H,4,6,11,13-14H2,1H3,(H,25,30)(H,27,29)/b7-5+. The van der Waals surface area contributed by atoms with Gasteiger partial charge in [0.05, 0.1) is 30.7 Å². The molecule has 0 saturated carbocycles. The molecule has 2 amide bonds. The van der Waals surface area contributed by atoms with Gasteiger partial charge in [0.15, 0.2) is 0 Å². The fourth-order valence-electron chi connectivity index (χ4n) is 3.68. The zero-order valence-corrected chi connectivity index (χ0v) is 18.9. The predicted octanol–water partition coefficient (Wildman–Crippen LogP) is 3.63. The smallest absolute Gasteiger partial charge is 0.407 e. The van der Waals surface area contributed by atoms with E-state index in [1.165, 1.54) is 23.7 Å². The van der Waals surface area contributed by atoms with E-state index < -0.39 is 6.09 Å². The Hall–Kier alpha value is -3.84. The quantitative estimate of drug-likeness (QED) is 0.514. The molecule has 9 nitrogen and oxygen atoms in total. The molecule has 33 heavy (non-hydrogen) atoms. The van der Waals surface area contributed by atoms with Crippen molar-refractivity contribution < 1.29 is 18.7 Å². The number of aromatic nitrogens is 2. The summed E-state index contributed by atoms with van der Waals surface area (Å²) >= 11 is 1.41. The van der Waals surface area contributed by atoms with Crippen molar-refractivity contribution in [1.29, 1.82) is 5.26 Å². The number of nitrogens with zero attached hydrogens (tertiary/aromatic N) is 3. The highest BCUT2D eigenvalue weighted by molar-refractivity contribution is 7.16. The molecule has 0 bridgehead atoms. The summed E-state index contributed by atoms with van der Waals surface area (Å²) < 4.78 is 12.3. The fraction of sp³-hybridized carbons (Fsp3) is 0.304. The molecule has 4 rings (SSSR count). The fourth-order valence-corrected chi connectivity index (χ4v) is 5.00. The molecule has 3 aromatic rings. The Morgan fingerprint density at radius 3 is 3.06 bits per heavy atom. The normalized spacial score (nSPS) is 15.1. The molecule has 1 atom stereocenters. The van der Waals surface area contributed by atoms with E-state index in [-0.39, 0.29) is 11.8 Å². The van der Waals surface area contributed by atoms with Crippen molar-refractivity contribution in [3.8, 4) is 6.07 Å². The van der Waals surface area contributed by atoms with Crippen LogP contribution < -0.4 is 10.6 Å². The molecule has 10 heteroatoms. The zero-order valence-electron chi connectivity index (χ0n) is 18.0. The lowest BCUT2D eigenvalue weighted by molar-refractivity contribution is -0.111. The minimum Gasteiger partial charge on any atom is -0.465 e. The third kappa shape index (κ3) is 5.51. The van der Waals surface area contributed by atoms with Crippen molar-refractivity contribution in [2.24, 2.45) is 13.0 Å². The summed E-state index contributed by atoms with van der Waals surface area (Å²) in [5.41, 5.74) is 2.37. The summed E-state index contributed by atoms with van der Waals surface area (Å²) in [6.07, 6.45) is 7.88. The van der Waals surface area contributed by atoms with Gasteiger partial charge in [0.2, 0.25) is 5.91 Å². The van der Waals surface area contributed by atoms with Gasteiger partial charge >= 0.3 is 6.09 Å². The van der Waals surface area contributed by atoms with Gasteiger partial charge in [-0.25, -0.2) is 4.79 Å². The minimum atomic E-state index is -0.470. The van der Waals surface area contributed by atoms with Crippen LogP contribution in [-0.4, -0.2) is 28.4 Å². The Labute approximate surface area is 194 Å². The van der Waals surface area contributed by atoms with Crippen LogP contribution in [0.4, 0.5) is 9.80 Å². The molecule has 1 aliphatic carbocycles. The second-order valence-corrected chi connectivity index (χ2v) is 8.77. The van der Waals surface area contributed by atoms with E-state index in [1.807, 2.05) is 13.1 Å². The van der Waals surface area contributed by atoms with Crippen molar-refractivity contribution in [3.05, 3.63) is 64.2 Å². The van der Waals surface area contributed by atoms with Gasteiger partial charge in [0.1, 0.15) is 16.8 Å². The van der Waals surface area contributed by atoms with Crippen LogP contribution in [0.25, 0.3) is 6.08 Å². The molecule has 0 aliphatic heterocycles. The van der Waals surface area contributed by atoms with Gasteiger partial charge in [-0.3, -0.25) is 9.48 Å². The van der Waals surface area contributed by atoms with Crippen LogP contribution in [0.3, 0.4) is 0 Å². The van der Waals surface area contributed by atoms with Gasteiger partial charge < -0.3 is 19.8 Å². The summed E-state index contributed by atoms with van der Waals surface area (Å²) in [7, 11) is 1.81. The third-order valence-electron chi connectivity index (χ3n) is 5.44. The number of amides is 2. The topological polar surface area (TPSA) is 122 Å². The van der Waals surface area contributed by atoms with Gasteiger partial charge in [-0.15, -0.1) is 11.3 Å². The second-order valence-electron chi connectivity index (χ2n) is 7.66. The first-order valence-electron chi connectivity index (χ1n) is 10.5. The SMILES string of the molecule is Cn1nccc1CNC(=O)OCC1CCc2c(sc(NC(=O)/C=C/c3ccco3)c2C#N)C1. The van der Waals surface area contributed by atoms with E-state index in [1.54, 1.807) is 29.1 Å². The maximum absolute atomic E-state index is 12.3. The Morgan fingerprint density at radius 2 is 2.33 bits per heavy atom. The van der Waals surface area contributed by atoms with Gasteiger partial charge in [-0.05, 0) is 55.0 Å². The lowest BCUT2D eigenvalue weighted by atomic mass is 9.88. The van der Waals surface area contributed by atoms with Crippen LogP contribution in [0.5, 0.6) is 0 Å². The molecule has 0 radical (unpaired) electrons. The summed E-state index contributed by atoms with van der Waals surface area (Å²) in [6.45, 7) is 0.641. The number of hydrogen-bond acceptors (Lipinski definition) is 7. The Bertz CT molecular complexity index is 1200. The maximum Gasteiger partial charge on any atom is 0.407 e. The lowest BCUT2D eigenvalue weighted by Gasteiger charge is -2.21. The molecule has 3 heterocycles. The predicted molar refractivity (Wildman–Crippen MR) is 122 cm³/mol. The Morgan fingerprint density at radius 1 is 1.45 bits per heavy atom. The first kappa shape index (κ1) is 22.4. The van der Waals surface area contributed by atoms with Crippen molar-refractivity contribution in [2.45, 2.75) is 25.8 Å². The lowest BCUT2D eigenvalue weighted by Crippen LogP contribution is -2.28. The summed E-state index contributed by atoms with van der Waals surface area (Å²) in [5.74, 6) is 0.405. The van der Waals surface area contributed by atoms with Gasteiger partial charge in [-0.2, -0.15) is 10.4 Å². The number of carbonyl (C=O) groups excluding carboxylic acids is 2. The van der Waals surface area contributed by atoms with Crippen LogP contribution in [0.15, 0.2) is 41.2 Å². The van der Waals surface area contributed by atoms with Crippen LogP contribution in [0.1, 0.15) is 33.9 Å². The van der Waals surface area contributed by atoms with Crippen molar-refractivity contribution in [2.75, 3.05) is 11.9 Å². The molecule has 1 aliphatic rings. The Balaban J connectivity index is 1.31. The number of nitriles is 1. The highest BCUT2D eigenvalue weighted by Crippen LogP contribution is 2.39. The van der Waals surface area contributed by atoms with Crippen molar-refractivity contribution in [1.82, 2.24) is 15.1 Å². The number of carbonyl (C=O) groups is 2. The summed E-state index contributed by atoms with van der Waals surface area (Å²) in [5, 5.41) is 19.8. The number of aryl methyl sites for hydroxylation is 1. The number of thiophene rings is 1. The molecule has 0 aromatic carbocycles. The molecule has 0 saturated heterocycles. The number of ether oxygens (including phenoxy) is 1. The molecule has 170 valence electrons. The molecule has 0 spiro atoms. The van der Waals surface area contributed by atoms with Gasteiger partial charge in [0, 0.05) is 24.2 Å². The van der Waals surface area contributed by atoms with E-state index in [0.29, 0.717) is 42.3 Å². The number of furan rings is 1. The van der Waals surface area contributed by atoms with E-state index in [2.05, 4.69) is 21.8 Å². The van der Waals surface area contributed by atoms with Crippen LogP contribution in [0.2, 0.25) is 0 Å². The van der Waals surface area contributed by atoms with Gasteiger partial charge in [0.25, 0.3) is 0 Å². The number of alkyl carbamates (subject to hydrolysis) is 1. The average molecular weight is 466 g/mol. The molecular formula is C23H23N5O4S. The highest BCUT2D eigenvalue weighted by atomic mass is 32.1. The molecule has 0 fully saturated rings. The van der Waals surface area contributed by atoms with Gasteiger partial charge in [-0.1, -0.05) is 0 Å². The number of fused-ring (bicyclic) bond motifs is 1. The van der Waals surface area contributed by atoms with Crippen molar-refractivity contribution >= 4 is 34.4 Å². The molecule has 1 unspecified atom stereocenters. The van der Waals surface area contributed by atoms with Crippen LogP contribution in [-0.2, 0) is 36.0 Å². The van der Waals surface area contributed by atoms with Crippen LogP contribution in [0, 0.1) is 17.2 Å². The number of nitrogens with one attached hydrogen (secondary N) is 2. The molecule has 3 aromatic heterocycles. The van der Waals surface area contributed by atoms with Crippen LogP contribution >= 0.6 is 11.3 Å². The number of rotatable bonds is 7. The van der Waals surface area contributed by atoms with E-state index in [0.717, 1.165) is 22.6 Å². The molecule has 2 N–H and O–H groups in total. The van der Waals surface area contributed by atoms with E-state index in [4.69, 9.17) is 9.15 Å². The minimum absolute atomic E-state index is 0.160.